The van der Waals surface area contributed by atoms with E-state index in [-0.39, 0.29) is 5.75 Å². The number of carbonyl (C=O) groups is 2. The molecule has 4 aromatic rings. The number of benzene rings is 3. The number of hydrogen-bond donors (Lipinski definition) is 1. The van der Waals surface area contributed by atoms with Crippen LogP contribution >= 0.6 is 0 Å². The number of carboxylic acids is 1. The Morgan fingerprint density at radius 3 is 2.26 bits per heavy atom. The van der Waals surface area contributed by atoms with E-state index < -0.39 is 24.6 Å². The average molecular weight is 535 g/mol. The van der Waals surface area contributed by atoms with Gasteiger partial charge in [0.2, 0.25) is 5.89 Å². The Hall–Kier alpha value is -4.79. The van der Waals surface area contributed by atoms with Gasteiger partial charge in [0.05, 0.1) is 25.5 Å². The number of aryl methyl sites for hydroxylation is 1. The molecular formula is C30H30N2O7. The average Bonchev–Trinajstić information content (AvgIpc) is 3.32. The number of amides is 1. The van der Waals surface area contributed by atoms with Crippen molar-refractivity contribution in [3.63, 3.8) is 0 Å². The molecule has 1 atom stereocenters. The van der Waals surface area contributed by atoms with Crippen molar-refractivity contribution in [1.29, 1.82) is 0 Å². The molecular weight excluding hydrogens is 504 g/mol. The lowest BCUT2D eigenvalue weighted by Gasteiger charge is -2.27. The summed E-state index contributed by atoms with van der Waals surface area (Å²) in [6.07, 6.45) is -0.197. The summed E-state index contributed by atoms with van der Waals surface area (Å²) in [5, 5.41) is 9.39. The topological polar surface area (TPSA) is 111 Å². The van der Waals surface area contributed by atoms with E-state index in [2.05, 4.69) is 4.98 Å². The van der Waals surface area contributed by atoms with Crippen LogP contribution in [0.1, 0.15) is 30.0 Å². The van der Waals surface area contributed by atoms with Crippen LogP contribution in [0.15, 0.2) is 83.3 Å². The molecule has 0 saturated carbocycles. The van der Waals surface area contributed by atoms with Crippen LogP contribution in [0, 0.1) is 6.92 Å². The molecule has 1 N–H and O–H groups in total. The molecule has 1 heterocycles. The van der Waals surface area contributed by atoms with E-state index in [1.54, 1.807) is 55.5 Å². The number of ether oxygens (including phenoxy) is 3. The number of nitrogens with zero attached hydrogens (tertiary/aromatic N) is 2. The summed E-state index contributed by atoms with van der Waals surface area (Å²) in [4.78, 5) is 30.1. The van der Waals surface area contributed by atoms with E-state index in [9.17, 15) is 14.7 Å². The third kappa shape index (κ3) is 7.16. The minimum atomic E-state index is -1.15. The molecule has 0 radical (unpaired) electrons. The minimum absolute atomic E-state index is 0.283. The number of oxazole rings is 1. The SMILES string of the molecule is COc1ccc(OC(=O)N(CC(=O)O)[14C@@H](C)c2ccc(O[14CH2]Cc3nc(-c4ccccc4)oc3C)cc2)cc1. The monoisotopic (exact) mass is 534 g/mol. The number of carbonyl (C=O) groups excluding carboxylic acids is 1. The van der Waals surface area contributed by atoms with Gasteiger partial charge in [0, 0.05) is 12.0 Å². The number of rotatable bonds is 11. The van der Waals surface area contributed by atoms with Gasteiger partial charge >= 0.3 is 12.1 Å². The first-order chi connectivity index (χ1) is 18.8. The van der Waals surface area contributed by atoms with Gasteiger partial charge in [-0.3, -0.25) is 9.69 Å². The van der Waals surface area contributed by atoms with Crippen molar-refractivity contribution in [3.05, 3.63) is 95.9 Å². The Balaban J connectivity index is 1.36. The zero-order chi connectivity index (χ0) is 27.8. The summed E-state index contributed by atoms with van der Waals surface area (Å²) in [6, 6.07) is 22.8. The third-order valence-electron chi connectivity index (χ3n) is 6.16. The van der Waals surface area contributed by atoms with Gasteiger partial charge in [-0.05, 0) is 67.9 Å². The first-order valence-corrected chi connectivity index (χ1v) is 12.4. The molecule has 0 unspecified atom stereocenters. The maximum atomic E-state index is 12.9. The lowest BCUT2D eigenvalue weighted by Crippen LogP contribution is -2.39. The summed E-state index contributed by atoms with van der Waals surface area (Å²) in [5.41, 5.74) is 2.48. The second kappa shape index (κ2) is 12.6. The fraction of sp³-hybridized carbons (Fsp3) is 0.233. The quantitative estimate of drug-likeness (QED) is 0.252. The molecule has 4 rings (SSSR count). The Labute approximate surface area is 226 Å². The van der Waals surface area contributed by atoms with Crippen molar-refractivity contribution < 1.29 is 33.3 Å². The van der Waals surface area contributed by atoms with Crippen LogP contribution in [0.2, 0.25) is 0 Å². The molecule has 0 fully saturated rings. The van der Waals surface area contributed by atoms with Crippen LogP contribution in [0.5, 0.6) is 17.2 Å². The second-order valence-corrected chi connectivity index (χ2v) is 8.80. The highest BCUT2D eigenvalue weighted by Gasteiger charge is 2.26. The van der Waals surface area contributed by atoms with Gasteiger partial charge in [-0.15, -0.1) is 0 Å². The van der Waals surface area contributed by atoms with E-state index in [4.69, 9.17) is 18.6 Å². The van der Waals surface area contributed by atoms with Crippen molar-refractivity contribution in [1.82, 2.24) is 9.88 Å². The van der Waals surface area contributed by atoms with Crippen molar-refractivity contribution in [2.75, 3.05) is 20.3 Å². The van der Waals surface area contributed by atoms with Gasteiger partial charge in [-0.1, -0.05) is 30.3 Å². The van der Waals surface area contributed by atoms with Gasteiger partial charge in [0.25, 0.3) is 0 Å². The summed E-state index contributed by atoms with van der Waals surface area (Å²) in [7, 11) is 1.53. The van der Waals surface area contributed by atoms with Gasteiger partial charge in [-0.25, -0.2) is 9.78 Å². The predicted molar refractivity (Wildman–Crippen MR) is 144 cm³/mol. The standard InChI is InChI=1S/C30H30N2O7/c1-20(32(19-28(33)34)30(35)39-26-15-13-24(36-3)14-16-26)22-9-11-25(12-10-22)37-18-17-27-21(2)38-29(31-27)23-7-5-4-6-8-23/h4-16,20H,17-19H2,1-3H3,(H,33,34)/t20-/m0/s1/i18+2,20+2. The first-order valence-electron chi connectivity index (χ1n) is 12.4. The molecule has 0 aliphatic carbocycles. The number of methoxy groups -OCH3 is 1. The molecule has 0 bridgehead atoms. The molecule has 0 aliphatic heterocycles. The van der Waals surface area contributed by atoms with Gasteiger partial charge in [0.15, 0.2) is 0 Å². The highest BCUT2D eigenvalue weighted by molar-refractivity contribution is 5.78. The number of aromatic nitrogens is 1. The molecule has 202 valence electrons. The van der Waals surface area contributed by atoms with Crippen molar-refractivity contribution in [3.8, 4) is 28.7 Å². The zero-order valence-corrected chi connectivity index (χ0v) is 22.0. The van der Waals surface area contributed by atoms with E-state index >= 15 is 0 Å². The fourth-order valence-electron chi connectivity index (χ4n) is 3.96. The Morgan fingerprint density at radius 1 is 0.974 bits per heavy atom. The van der Waals surface area contributed by atoms with Gasteiger partial charge < -0.3 is 23.7 Å². The number of carboxylic acid groups (broad SMARTS) is 1. The van der Waals surface area contributed by atoms with Crippen LogP contribution < -0.4 is 14.2 Å². The maximum absolute atomic E-state index is 12.9. The Bertz CT molecular complexity index is 1380. The van der Waals surface area contributed by atoms with Crippen LogP contribution in [0.3, 0.4) is 0 Å². The normalized spacial score (nSPS) is 11.5. The summed E-state index contributed by atoms with van der Waals surface area (Å²) in [6.45, 7) is 3.51. The minimum Gasteiger partial charge on any atom is -0.497 e. The number of aliphatic carboxylic acids is 1. The maximum Gasteiger partial charge on any atom is 0.416 e. The van der Waals surface area contributed by atoms with Crippen LogP contribution in [-0.4, -0.2) is 47.3 Å². The summed E-state index contributed by atoms with van der Waals surface area (Å²) >= 11 is 0. The molecule has 0 saturated heterocycles. The molecule has 1 aromatic heterocycles. The lowest BCUT2D eigenvalue weighted by atomic mass is 10.2. The zero-order valence-electron chi connectivity index (χ0n) is 22.0. The van der Waals surface area contributed by atoms with E-state index in [0.717, 1.165) is 27.5 Å². The second-order valence-electron chi connectivity index (χ2n) is 8.80. The number of hydrogen-bond acceptors (Lipinski definition) is 7. The van der Waals surface area contributed by atoms with Gasteiger partial charge in [0.1, 0.15) is 29.6 Å². The molecule has 39 heavy (non-hydrogen) atoms. The third-order valence-corrected chi connectivity index (χ3v) is 6.16. The van der Waals surface area contributed by atoms with Gasteiger partial charge in [-0.2, -0.15) is 0 Å². The fourth-order valence-corrected chi connectivity index (χ4v) is 3.96. The molecule has 0 aliphatic rings. The lowest BCUT2D eigenvalue weighted by molar-refractivity contribution is -0.138. The molecule has 9 heteroatoms. The predicted octanol–water partition coefficient (Wildman–Crippen LogP) is 5.93. The van der Waals surface area contributed by atoms with E-state index in [1.165, 1.54) is 7.11 Å². The van der Waals surface area contributed by atoms with Crippen LogP contribution in [0.4, 0.5) is 4.79 Å². The van der Waals surface area contributed by atoms with E-state index in [1.807, 2.05) is 37.3 Å². The van der Waals surface area contributed by atoms with Crippen molar-refractivity contribution >= 4 is 12.1 Å². The van der Waals surface area contributed by atoms with E-state index in [0.29, 0.717) is 30.4 Å². The van der Waals surface area contributed by atoms with Crippen LogP contribution in [-0.2, 0) is 11.2 Å². The summed E-state index contributed by atoms with van der Waals surface area (Å²) < 4.78 is 22.2. The molecule has 1 amide bonds. The van der Waals surface area contributed by atoms with Crippen LogP contribution in [0.25, 0.3) is 11.5 Å². The Morgan fingerprint density at radius 2 is 1.62 bits per heavy atom. The molecule has 9 nitrogen and oxygen atoms in total. The van der Waals surface area contributed by atoms with Crippen molar-refractivity contribution in [2.45, 2.75) is 26.3 Å². The smallest absolute Gasteiger partial charge is 0.416 e. The summed E-state index contributed by atoms with van der Waals surface area (Å²) in [5.74, 6) is 1.72. The first kappa shape index (κ1) is 27.3. The Kier molecular flexibility index (Phi) is 8.83. The highest BCUT2D eigenvalue weighted by Crippen LogP contribution is 2.26. The molecule has 3 aromatic carbocycles. The van der Waals surface area contributed by atoms with Crippen molar-refractivity contribution in [2.24, 2.45) is 0 Å². The highest BCUT2D eigenvalue weighted by atomic mass is 16.6. The largest absolute Gasteiger partial charge is 0.497 e. The molecule has 0 spiro atoms.